The van der Waals surface area contributed by atoms with Gasteiger partial charge < -0.3 is 11.1 Å². The van der Waals surface area contributed by atoms with Crippen LogP contribution in [0.2, 0.25) is 0 Å². The second kappa shape index (κ2) is 5.44. The highest BCUT2D eigenvalue weighted by Gasteiger charge is 2.22. The minimum absolute atomic E-state index is 0.0792. The molecule has 0 bridgehead atoms. The lowest BCUT2D eigenvalue weighted by Gasteiger charge is -2.07. The smallest absolute Gasteiger partial charge is 0.230 e. The molecule has 0 unspecified atom stereocenters. The Morgan fingerprint density at radius 1 is 1.56 bits per heavy atom. The van der Waals surface area contributed by atoms with E-state index in [0.717, 1.165) is 28.9 Å². The minimum atomic E-state index is 0.0792. The van der Waals surface area contributed by atoms with E-state index in [1.807, 2.05) is 25.1 Å². The molecule has 0 saturated heterocycles. The van der Waals surface area contributed by atoms with Crippen LogP contribution in [0, 0.1) is 12.3 Å². The number of benzene rings is 1. The van der Waals surface area contributed by atoms with Gasteiger partial charge in [-0.2, -0.15) is 0 Å². The Bertz CT molecular complexity index is 483. The molecule has 0 atom stereocenters. The van der Waals surface area contributed by atoms with Crippen molar-refractivity contribution in [1.82, 2.24) is 5.32 Å². The van der Waals surface area contributed by atoms with E-state index >= 15 is 0 Å². The Labute approximate surface area is 111 Å². The molecule has 1 fully saturated rings. The summed E-state index contributed by atoms with van der Waals surface area (Å²) in [7, 11) is 0. The van der Waals surface area contributed by atoms with Crippen LogP contribution in [0.25, 0.3) is 0 Å². The number of carbonyl (C=O) groups is 1. The molecule has 96 valence electrons. The highest BCUT2D eigenvalue weighted by Crippen LogP contribution is 2.22. The monoisotopic (exact) mass is 263 g/mol. The maximum atomic E-state index is 11.5. The van der Waals surface area contributed by atoms with Crippen LogP contribution < -0.4 is 11.1 Å². The van der Waals surface area contributed by atoms with Gasteiger partial charge in [0.2, 0.25) is 5.91 Å². The number of rotatable bonds is 5. The Balaban J connectivity index is 1.90. The van der Waals surface area contributed by atoms with Crippen molar-refractivity contribution in [2.24, 2.45) is 5.73 Å². The molecular weight excluding hydrogens is 246 g/mol. The van der Waals surface area contributed by atoms with Crippen LogP contribution in [0.4, 0.5) is 0 Å². The predicted molar refractivity (Wildman–Crippen MR) is 74.1 cm³/mol. The normalized spacial score (nSPS) is 14.3. The van der Waals surface area contributed by atoms with E-state index in [1.54, 1.807) is 0 Å². The Hall–Kier alpha value is -1.49. The molecule has 4 nitrogen and oxygen atoms in total. The quantitative estimate of drug-likeness (QED) is 0.429. The first-order chi connectivity index (χ1) is 8.56. The van der Waals surface area contributed by atoms with Crippen LogP contribution in [-0.4, -0.2) is 23.5 Å². The topological polar surface area (TPSA) is 79.0 Å². The molecule has 1 saturated carbocycles. The zero-order valence-electron chi connectivity index (χ0n) is 10.3. The van der Waals surface area contributed by atoms with Crippen LogP contribution in [0.15, 0.2) is 23.1 Å². The third kappa shape index (κ3) is 3.50. The largest absolute Gasteiger partial charge is 0.384 e. The summed E-state index contributed by atoms with van der Waals surface area (Å²) in [5.74, 6) is 0.612. The van der Waals surface area contributed by atoms with Gasteiger partial charge in [-0.3, -0.25) is 10.2 Å². The van der Waals surface area contributed by atoms with Crippen molar-refractivity contribution in [2.75, 3.05) is 5.75 Å². The maximum Gasteiger partial charge on any atom is 0.230 e. The first kappa shape index (κ1) is 13.0. The van der Waals surface area contributed by atoms with Gasteiger partial charge in [0, 0.05) is 16.5 Å². The average Bonchev–Trinajstić information content (AvgIpc) is 3.10. The lowest BCUT2D eigenvalue weighted by atomic mass is 10.1. The summed E-state index contributed by atoms with van der Waals surface area (Å²) >= 11 is 1.51. The molecule has 2 rings (SSSR count). The summed E-state index contributed by atoms with van der Waals surface area (Å²) in [5.41, 5.74) is 7.18. The molecule has 0 radical (unpaired) electrons. The van der Waals surface area contributed by atoms with Crippen molar-refractivity contribution < 1.29 is 4.79 Å². The van der Waals surface area contributed by atoms with Gasteiger partial charge in [0.15, 0.2) is 0 Å². The number of amidine groups is 1. The number of nitrogens with one attached hydrogen (secondary N) is 2. The van der Waals surface area contributed by atoms with Gasteiger partial charge in [-0.25, -0.2) is 0 Å². The van der Waals surface area contributed by atoms with Gasteiger partial charge in [-0.05, 0) is 43.5 Å². The number of hydrogen-bond donors (Lipinski definition) is 3. The van der Waals surface area contributed by atoms with Gasteiger partial charge in [-0.1, -0.05) is 0 Å². The summed E-state index contributed by atoms with van der Waals surface area (Å²) in [4.78, 5) is 12.6. The van der Waals surface area contributed by atoms with Crippen LogP contribution in [0.5, 0.6) is 0 Å². The number of carbonyl (C=O) groups excluding carboxylic acids is 1. The number of nitrogen functional groups attached to an aromatic ring is 1. The van der Waals surface area contributed by atoms with Crippen molar-refractivity contribution >= 4 is 23.5 Å². The molecule has 5 heteroatoms. The van der Waals surface area contributed by atoms with Gasteiger partial charge in [0.05, 0.1) is 5.75 Å². The summed E-state index contributed by atoms with van der Waals surface area (Å²) in [6.45, 7) is 1.92. The summed E-state index contributed by atoms with van der Waals surface area (Å²) < 4.78 is 0. The minimum Gasteiger partial charge on any atom is -0.384 e. The molecule has 1 aromatic carbocycles. The molecule has 0 heterocycles. The number of aryl methyl sites for hydroxylation is 1. The van der Waals surface area contributed by atoms with Crippen LogP contribution in [-0.2, 0) is 4.79 Å². The van der Waals surface area contributed by atoms with E-state index in [4.69, 9.17) is 11.1 Å². The van der Waals surface area contributed by atoms with E-state index in [1.165, 1.54) is 11.8 Å². The Morgan fingerprint density at radius 3 is 2.83 bits per heavy atom. The summed E-state index contributed by atoms with van der Waals surface area (Å²) in [5, 5.41) is 10.4. The van der Waals surface area contributed by atoms with Crippen LogP contribution in [0.3, 0.4) is 0 Å². The zero-order chi connectivity index (χ0) is 13.1. The van der Waals surface area contributed by atoms with Crippen molar-refractivity contribution in [1.29, 1.82) is 5.41 Å². The molecule has 0 aliphatic heterocycles. The molecular formula is C13H17N3OS. The second-order valence-corrected chi connectivity index (χ2v) is 5.57. The number of hydrogen-bond acceptors (Lipinski definition) is 3. The molecule has 1 aliphatic carbocycles. The first-order valence-corrected chi connectivity index (χ1v) is 6.92. The van der Waals surface area contributed by atoms with Crippen molar-refractivity contribution in [3.8, 4) is 0 Å². The lowest BCUT2D eigenvalue weighted by Crippen LogP contribution is -2.26. The molecule has 1 aromatic rings. The molecule has 1 aliphatic rings. The van der Waals surface area contributed by atoms with Crippen molar-refractivity contribution in [2.45, 2.75) is 30.7 Å². The molecule has 0 spiro atoms. The zero-order valence-corrected chi connectivity index (χ0v) is 11.1. The van der Waals surface area contributed by atoms with Crippen molar-refractivity contribution in [3.63, 3.8) is 0 Å². The van der Waals surface area contributed by atoms with E-state index in [2.05, 4.69) is 5.32 Å². The fourth-order valence-electron chi connectivity index (χ4n) is 1.67. The molecule has 0 aromatic heterocycles. The van der Waals surface area contributed by atoms with E-state index in [-0.39, 0.29) is 11.7 Å². The lowest BCUT2D eigenvalue weighted by molar-refractivity contribution is -0.118. The maximum absolute atomic E-state index is 11.5. The van der Waals surface area contributed by atoms with Crippen molar-refractivity contribution in [3.05, 3.63) is 29.3 Å². The van der Waals surface area contributed by atoms with Crippen LogP contribution >= 0.6 is 11.8 Å². The Morgan fingerprint density at radius 2 is 2.28 bits per heavy atom. The third-order valence-corrected chi connectivity index (χ3v) is 3.79. The number of nitrogens with two attached hydrogens (primary N) is 1. The van der Waals surface area contributed by atoms with E-state index in [0.29, 0.717) is 11.8 Å². The summed E-state index contributed by atoms with van der Waals surface area (Å²) in [6, 6.07) is 6.11. The molecule has 1 amide bonds. The number of amides is 1. The highest BCUT2D eigenvalue weighted by molar-refractivity contribution is 8.00. The van der Waals surface area contributed by atoms with Gasteiger partial charge in [-0.15, -0.1) is 11.8 Å². The van der Waals surface area contributed by atoms with Gasteiger partial charge in [0.1, 0.15) is 5.84 Å². The number of thioether (sulfide) groups is 1. The fourth-order valence-corrected chi connectivity index (χ4v) is 2.48. The fraction of sp³-hybridized carbons (Fsp3) is 0.385. The first-order valence-electron chi connectivity index (χ1n) is 5.93. The van der Waals surface area contributed by atoms with Crippen LogP contribution in [0.1, 0.15) is 24.0 Å². The highest BCUT2D eigenvalue weighted by atomic mass is 32.2. The molecule has 4 N–H and O–H groups in total. The summed E-state index contributed by atoms with van der Waals surface area (Å²) in [6.07, 6.45) is 2.23. The van der Waals surface area contributed by atoms with Gasteiger partial charge >= 0.3 is 0 Å². The van der Waals surface area contributed by atoms with E-state index < -0.39 is 0 Å². The van der Waals surface area contributed by atoms with E-state index in [9.17, 15) is 4.79 Å². The standard InChI is InChI=1S/C13H17N3OS/c1-8-6-10(4-5-11(8)13(14)15)18-7-12(17)16-9-2-3-9/h4-6,9H,2-3,7H2,1H3,(H3,14,15)(H,16,17). The predicted octanol–water partition coefficient (Wildman–Crippen LogP) is 1.65. The third-order valence-electron chi connectivity index (χ3n) is 2.80. The Kier molecular flexibility index (Phi) is 3.91. The van der Waals surface area contributed by atoms with Gasteiger partial charge in [0.25, 0.3) is 0 Å². The SMILES string of the molecule is Cc1cc(SCC(=O)NC2CC2)ccc1C(=N)N. The molecule has 18 heavy (non-hydrogen) atoms. The average molecular weight is 263 g/mol. The second-order valence-electron chi connectivity index (χ2n) is 4.52.